The van der Waals surface area contributed by atoms with Crippen LogP contribution in [0.1, 0.15) is 24.6 Å². The van der Waals surface area contributed by atoms with Crippen LogP contribution in [-0.2, 0) is 10.0 Å². The van der Waals surface area contributed by atoms with E-state index in [1.165, 1.54) is 12.1 Å². The lowest BCUT2D eigenvalue weighted by atomic mass is 10.3. The van der Waals surface area contributed by atoms with Gasteiger partial charge in [0.15, 0.2) is 0 Å². The molecule has 1 heterocycles. The molecule has 0 aliphatic heterocycles. The maximum absolute atomic E-state index is 11.6. The van der Waals surface area contributed by atoms with Crippen LogP contribution < -0.4 is 4.72 Å². The van der Waals surface area contributed by atoms with Gasteiger partial charge in [0.25, 0.3) is 0 Å². The maximum atomic E-state index is 11.6. The lowest BCUT2D eigenvalue weighted by molar-refractivity contribution is 0.580. The van der Waals surface area contributed by atoms with Gasteiger partial charge >= 0.3 is 0 Å². The Kier molecular flexibility index (Phi) is 4.27. The van der Waals surface area contributed by atoms with Gasteiger partial charge in [-0.25, -0.2) is 13.1 Å². The monoisotopic (exact) mass is 244 g/mol. The first-order chi connectivity index (χ1) is 7.10. The summed E-state index contributed by atoms with van der Waals surface area (Å²) in [5, 5.41) is 8.58. The first-order valence-corrected chi connectivity index (χ1v) is 6.89. The van der Waals surface area contributed by atoms with Crippen LogP contribution in [0.15, 0.2) is 16.3 Å². The van der Waals surface area contributed by atoms with Crippen molar-refractivity contribution in [3.63, 3.8) is 0 Å². The highest BCUT2D eigenvalue weighted by molar-refractivity contribution is 7.91. The Hall–Kier alpha value is -0.900. The molecule has 1 N–H and O–H groups in total. The Morgan fingerprint density at radius 3 is 2.80 bits per heavy atom. The average Bonchev–Trinajstić information content (AvgIpc) is 2.66. The lowest BCUT2D eigenvalue weighted by Gasteiger charge is -2.02. The van der Waals surface area contributed by atoms with Crippen molar-refractivity contribution < 1.29 is 8.42 Å². The summed E-state index contributed by atoms with van der Waals surface area (Å²) in [4.78, 5) is 0.408. The Labute approximate surface area is 93.6 Å². The molecular weight excluding hydrogens is 232 g/mol. The fourth-order valence-corrected chi connectivity index (χ4v) is 3.20. The van der Waals surface area contributed by atoms with E-state index in [-0.39, 0.29) is 4.21 Å². The van der Waals surface area contributed by atoms with Crippen LogP contribution in [0.2, 0.25) is 0 Å². The molecule has 1 aromatic heterocycles. The van der Waals surface area contributed by atoms with E-state index < -0.39 is 10.0 Å². The number of nitriles is 1. The predicted molar refractivity (Wildman–Crippen MR) is 59.1 cm³/mol. The second-order valence-electron chi connectivity index (χ2n) is 2.98. The van der Waals surface area contributed by atoms with Gasteiger partial charge in [-0.2, -0.15) is 5.26 Å². The Balaban J connectivity index is 2.74. The summed E-state index contributed by atoms with van der Waals surface area (Å²) in [7, 11) is -3.40. The largest absolute Gasteiger partial charge is 0.250 e. The normalized spacial score (nSPS) is 11.2. The molecule has 0 saturated carbocycles. The molecule has 0 spiro atoms. The summed E-state index contributed by atoms with van der Waals surface area (Å²) in [6.07, 6.45) is 1.76. The van der Waals surface area contributed by atoms with Crippen molar-refractivity contribution in [3.8, 4) is 6.07 Å². The molecule has 6 heteroatoms. The highest BCUT2D eigenvalue weighted by Crippen LogP contribution is 2.20. The maximum Gasteiger partial charge on any atom is 0.250 e. The summed E-state index contributed by atoms with van der Waals surface area (Å²) < 4.78 is 25.9. The van der Waals surface area contributed by atoms with Crippen LogP contribution in [0.3, 0.4) is 0 Å². The van der Waals surface area contributed by atoms with Crippen LogP contribution in [0.25, 0.3) is 0 Å². The predicted octanol–water partition coefficient (Wildman–Crippen LogP) is 1.70. The zero-order valence-electron chi connectivity index (χ0n) is 8.36. The number of hydrogen-bond donors (Lipinski definition) is 1. The standard InChI is InChI=1S/C9H12N2O2S2/c1-2-3-6-11-15(12,13)9-5-4-8(7-10)14-9/h4-5,11H,2-3,6H2,1H3. The van der Waals surface area contributed by atoms with Gasteiger partial charge in [0.2, 0.25) is 10.0 Å². The first kappa shape index (κ1) is 12.2. The number of nitrogens with zero attached hydrogens (tertiary/aromatic N) is 1. The molecule has 0 atom stereocenters. The van der Waals surface area contributed by atoms with E-state index in [1.807, 2.05) is 13.0 Å². The second kappa shape index (κ2) is 5.26. The van der Waals surface area contributed by atoms with Crippen molar-refractivity contribution in [2.75, 3.05) is 6.54 Å². The molecule has 0 fully saturated rings. The number of rotatable bonds is 5. The summed E-state index contributed by atoms with van der Waals surface area (Å²) in [5.41, 5.74) is 0. The minimum atomic E-state index is -3.40. The second-order valence-corrected chi connectivity index (χ2v) is 6.06. The molecule has 0 saturated heterocycles. The number of hydrogen-bond acceptors (Lipinski definition) is 4. The molecule has 0 aliphatic rings. The number of unbranched alkanes of at least 4 members (excludes halogenated alkanes) is 1. The number of sulfonamides is 1. The summed E-state index contributed by atoms with van der Waals surface area (Å²) in [6, 6.07) is 4.88. The van der Waals surface area contributed by atoms with Gasteiger partial charge in [0.1, 0.15) is 15.2 Å². The molecule has 82 valence electrons. The average molecular weight is 244 g/mol. The molecule has 1 aromatic rings. The third kappa shape index (κ3) is 3.30. The van der Waals surface area contributed by atoms with Crippen LogP contribution in [0, 0.1) is 11.3 Å². The van der Waals surface area contributed by atoms with Gasteiger partial charge < -0.3 is 0 Å². The zero-order valence-corrected chi connectivity index (χ0v) is 9.99. The van der Waals surface area contributed by atoms with Crippen molar-refractivity contribution >= 4 is 21.4 Å². The molecule has 0 unspecified atom stereocenters. The lowest BCUT2D eigenvalue weighted by Crippen LogP contribution is -2.23. The van der Waals surface area contributed by atoms with Crippen molar-refractivity contribution in [3.05, 3.63) is 17.0 Å². The molecule has 0 bridgehead atoms. The van der Waals surface area contributed by atoms with E-state index in [0.29, 0.717) is 11.4 Å². The van der Waals surface area contributed by atoms with Gasteiger partial charge in [0, 0.05) is 6.54 Å². The van der Waals surface area contributed by atoms with Crippen LogP contribution >= 0.6 is 11.3 Å². The Morgan fingerprint density at radius 2 is 2.27 bits per heavy atom. The van der Waals surface area contributed by atoms with Crippen molar-refractivity contribution in [1.82, 2.24) is 4.72 Å². The van der Waals surface area contributed by atoms with E-state index in [4.69, 9.17) is 5.26 Å². The number of nitrogens with one attached hydrogen (secondary N) is 1. The fourth-order valence-electron chi connectivity index (χ4n) is 0.979. The third-order valence-corrected chi connectivity index (χ3v) is 4.72. The first-order valence-electron chi connectivity index (χ1n) is 4.59. The minimum absolute atomic E-state index is 0.204. The molecule has 0 aliphatic carbocycles. The van der Waals surface area contributed by atoms with Gasteiger partial charge in [-0.15, -0.1) is 11.3 Å². The topological polar surface area (TPSA) is 70.0 Å². The molecule has 4 nitrogen and oxygen atoms in total. The number of thiophene rings is 1. The van der Waals surface area contributed by atoms with E-state index in [9.17, 15) is 8.42 Å². The fraction of sp³-hybridized carbons (Fsp3) is 0.444. The van der Waals surface area contributed by atoms with Crippen LogP contribution in [-0.4, -0.2) is 15.0 Å². The highest BCUT2D eigenvalue weighted by Gasteiger charge is 2.15. The van der Waals surface area contributed by atoms with Gasteiger partial charge in [-0.05, 0) is 18.6 Å². The van der Waals surface area contributed by atoms with Crippen LogP contribution in [0.5, 0.6) is 0 Å². The molecule has 0 radical (unpaired) electrons. The highest BCUT2D eigenvalue weighted by atomic mass is 32.2. The molecule has 15 heavy (non-hydrogen) atoms. The van der Waals surface area contributed by atoms with Crippen LogP contribution in [0.4, 0.5) is 0 Å². The SMILES string of the molecule is CCCCNS(=O)(=O)c1ccc(C#N)s1. The summed E-state index contributed by atoms with van der Waals surface area (Å²) in [5.74, 6) is 0. The quantitative estimate of drug-likeness (QED) is 0.801. The van der Waals surface area contributed by atoms with Gasteiger partial charge in [-0.1, -0.05) is 13.3 Å². The van der Waals surface area contributed by atoms with E-state index in [2.05, 4.69) is 4.72 Å². The molecule has 0 amide bonds. The third-order valence-electron chi connectivity index (χ3n) is 1.78. The Bertz CT molecular complexity index is 457. The zero-order chi connectivity index (χ0) is 11.3. The molecule has 1 rings (SSSR count). The van der Waals surface area contributed by atoms with E-state index in [0.717, 1.165) is 24.2 Å². The molecular formula is C9H12N2O2S2. The van der Waals surface area contributed by atoms with Crippen molar-refractivity contribution in [2.45, 2.75) is 24.0 Å². The molecule has 0 aromatic carbocycles. The smallest absolute Gasteiger partial charge is 0.210 e. The van der Waals surface area contributed by atoms with E-state index in [1.54, 1.807) is 0 Å². The van der Waals surface area contributed by atoms with Gasteiger partial charge in [-0.3, -0.25) is 0 Å². The Morgan fingerprint density at radius 1 is 1.53 bits per heavy atom. The van der Waals surface area contributed by atoms with Crippen molar-refractivity contribution in [1.29, 1.82) is 5.26 Å². The van der Waals surface area contributed by atoms with E-state index >= 15 is 0 Å². The summed E-state index contributed by atoms with van der Waals surface area (Å²) >= 11 is 0.986. The van der Waals surface area contributed by atoms with Crippen molar-refractivity contribution in [2.24, 2.45) is 0 Å². The minimum Gasteiger partial charge on any atom is -0.210 e. The summed E-state index contributed by atoms with van der Waals surface area (Å²) in [6.45, 7) is 2.44. The van der Waals surface area contributed by atoms with Gasteiger partial charge in [0.05, 0.1) is 0 Å².